The third-order valence-electron chi connectivity index (χ3n) is 3.43. The second-order valence-electron chi connectivity index (χ2n) is 6.28. The Balaban J connectivity index is 3.26. The normalized spacial score (nSPS) is 28.4. The van der Waals surface area contributed by atoms with Crippen molar-refractivity contribution in [2.45, 2.75) is 59.5 Å². The molecule has 0 N–H and O–H groups in total. The smallest absolute Gasteiger partial charge is 0.252 e. The molecule has 5 heteroatoms. The Morgan fingerprint density at radius 2 is 1.65 bits per heavy atom. The minimum absolute atomic E-state index is 0.0668. The number of rotatable bonds is 4. The van der Waals surface area contributed by atoms with Gasteiger partial charge in [0.05, 0.1) is 1.37 Å². The van der Waals surface area contributed by atoms with Crippen molar-refractivity contribution in [1.82, 2.24) is 9.80 Å². The Labute approximate surface area is 122 Å². The van der Waals surface area contributed by atoms with Gasteiger partial charge in [-0.15, -0.1) is 0 Å². The van der Waals surface area contributed by atoms with Crippen molar-refractivity contribution in [1.29, 1.82) is 0 Å². The molecule has 3 amide bonds. The molecule has 0 aromatic heterocycles. The van der Waals surface area contributed by atoms with E-state index in [9.17, 15) is 14.4 Å². The van der Waals surface area contributed by atoms with Gasteiger partial charge in [0.1, 0.15) is 12.1 Å². The van der Waals surface area contributed by atoms with Crippen LogP contribution in [-0.4, -0.2) is 46.6 Å². The zero-order valence-electron chi connectivity index (χ0n) is 14.3. The number of nitrogens with zero attached hydrogens (tertiary/aromatic N) is 2. The minimum Gasteiger partial charge on any atom is -0.332 e. The first-order valence-corrected chi connectivity index (χ1v) is 7.14. The Morgan fingerprint density at radius 1 is 1.15 bits per heavy atom. The number of hydrogen-bond donors (Lipinski definition) is 0. The fourth-order valence-corrected chi connectivity index (χ4v) is 2.52. The summed E-state index contributed by atoms with van der Waals surface area (Å²) in [6.07, 6.45) is 0.637. The van der Waals surface area contributed by atoms with E-state index >= 15 is 0 Å². The second-order valence-corrected chi connectivity index (χ2v) is 6.28. The van der Waals surface area contributed by atoms with E-state index in [1.54, 1.807) is 0 Å². The zero-order chi connectivity index (χ0) is 16.5. The summed E-state index contributed by atoms with van der Waals surface area (Å²) in [6, 6.07) is -2.48. The molecule has 5 nitrogen and oxygen atoms in total. The predicted octanol–water partition coefficient (Wildman–Crippen LogP) is 1.66. The average molecular weight is 283 g/mol. The van der Waals surface area contributed by atoms with Gasteiger partial charge in [0, 0.05) is 14.0 Å². The van der Waals surface area contributed by atoms with Gasteiger partial charge in [0.25, 0.3) is 5.91 Å². The molecule has 1 aliphatic rings. The lowest BCUT2D eigenvalue weighted by Gasteiger charge is -2.43. The maximum absolute atomic E-state index is 12.7. The largest absolute Gasteiger partial charge is 0.332 e. The van der Waals surface area contributed by atoms with Crippen molar-refractivity contribution in [3.8, 4) is 0 Å². The second kappa shape index (κ2) is 6.37. The Kier molecular flexibility index (Phi) is 4.78. The first-order chi connectivity index (χ1) is 9.52. The van der Waals surface area contributed by atoms with E-state index in [0.29, 0.717) is 6.42 Å². The predicted molar refractivity (Wildman–Crippen MR) is 76.8 cm³/mol. The zero-order valence-corrected chi connectivity index (χ0v) is 13.3. The van der Waals surface area contributed by atoms with Crippen LogP contribution in [0.25, 0.3) is 0 Å². The van der Waals surface area contributed by atoms with Gasteiger partial charge in [-0.05, 0) is 24.7 Å². The van der Waals surface area contributed by atoms with Crippen LogP contribution in [0.5, 0.6) is 0 Å². The van der Waals surface area contributed by atoms with Crippen molar-refractivity contribution in [2.75, 3.05) is 7.05 Å². The Bertz CT molecular complexity index is 450. The average Bonchev–Trinajstić information content (AvgIpc) is 2.32. The fourth-order valence-electron chi connectivity index (χ4n) is 2.52. The summed E-state index contributed by atoms with van der Waals surface area (Å²) >= 11 is 0. The molecule has 0 aliphatic carbocycles. The van der Waals surface area contributed by atoms with Gasteiger partial charge in [-0.1, -0.05) is 27.7 Å². The molecule has 1 saturated heterocycles. The van der Waals surface area contributed by atoms with Crippen LogP contribution >= 0.6 is 0 Å². The summed E-state index contributed by atoms with van der Waals surface area (Å²) in [4.78, 5) is 39.4. The highest BCUT2D eigenvalue weighted by Gasteiger charge is 2.46. The first kappa shape index (κ1) is 15.0. The number of piperazine rings is 1. The number of amides is 3. The van der Waals surface area contributed by atoms with Gasteiger partial charge in [-0.3, -0.25) is 19.3 Å². The van der Waals surface area contributed by atoms with E-state index in [1.165, 1.54) is 18.9 Å². The van der Waals surface area contributed by atoms with Crippen LogP contribution in [0.15, 0.2) is 0 Å². The summed E-state index contributed by atoms with van der Waals surface area (Å²) in [5, 5.41) is 0. The van der Waals surface area contributed by atoms with Gasteiger partial charge in [0.15, 0.2) is 0 Å². The van der Waals surface area contributed by atoms with Crippen molar-refractivity contribution in [3.05, 3.63) is 0 Å². The number of carbonyl (C=O) groups excluding carboxylic acids is 3. The van der Waals surface area contributed by atoms with E-state index in [1.807, 2.05) is 27.7 Å². The lowest BCUT2D eigenvalue weighted by atomic mass is 9.93. The van der Waals surface area contributed by atoms with E-state index < -0.39 is 23.9 Å². The third-order valence-corrected chi connectivity index (χ3v) is 3.43. The summed E-state index contributed by atoms with van der Waals surface area (Å²) in [7, 11) is 1.49. The van der Waals surface area contributed by atoms with Crippen LogP contribution in [0.2, 0.25) is 0 Å². The summed E-state index contributed by atoms with van der Waals surface area (Å²) in [5.74, 6) is -1.14. The van der Waals surface area contributed by atoms with Gasteiger partial charge >= 0.3 is 0 Å². The molecule has 0 unspecified atom stereocenters. The molecule has 0 radical (unpaired) electrons. The van der Waals surface area contributed by atoms with Crippen LogP contribution in [0.4, 0.5) is 0 Å². The molecule has 114 valence electrons. The van der Waals surface area contributed by atoms with Crippen LogP contribution in [-0.2, 0) is 14.4 Å². The van der Waals surface area contributed by atoms with E-state index in [0.717, 1.165) is 4.90 Å². The molecule has 0 bridgehead atoms. The molecule has 1 aliphatic heterocycles. The monoisotopic (exact) mass is 283 g/mol. The highest BCUT2D eigenvalue weighted by atomic mass is 16.2. The number of likely N-dealkylation sites (N-methyl/N-ethyl adjacent to an activating group) is 1. The van der Waals surface area contributed by atoms with Gasteiger partial charge in [-0.2, -0.15) is 0 Å². The topological polar surface area (TPSA) is 57.7 Å². The number of carbonyl (C=O) groups is 3. The molecule has 1 fully saturated rings. The van der Waals surface area contributed by atoms with Crippen LogP contribution in [0.1, 0.15) is 48.8 Å². The van der Waals surface area contributed by atoms with Crippen molar-refractivity contribution >= 4 is 17.7 Å². The molecule has 1 heterocycles. The SMILES string of the molecule is [2H][C@@]1(CC(C)C)C(=O)N(C(C)=O)[C@H](CC(C)C)C(=O)N1C. The molecule has 1 rings (SSSR count). The third kappa shape index (κ3) is 3.38. The number of imide groups is 1. The highest BCUT2D eigenvalue weighted by molar-refractivity contribution is 6.05. The van der Waals surface area contributed by atoms with E-state index in [-0.39, 0.29) is 24.2 Å². The minimum atomic E-state index is -1.69. The van der Waals surface area contributed by atoms with Crippen molar-refractivity contribution in [2.24, 2.45) is 11.8 Å². The molecule has 20 heavy (non-hydrogen) atoms. The Morgan fingerprint density at radius 3 is 2.05 bits per heavy atom. The van der Waals surface area contributed by atoms with Crippen LogP contribution in [0.3, 0.4) is 0 Å². The van der Waals surface area contributed by atoms with Gasteiger partial charge < -0.3 is 4.90 Å². The van der Waals surface area contributed by atoms with E-state index in [4.69, 9.17) is 1.37 Å². The lowest BCUT2D eigenvalue weighted by molar-refractivity contribution is -0.167. The van der Waals surface area contributed by atoms with Crippen molar-refractivity contribution in [3.63, 3.8) is 0 Å². The van der Waals surface area contributed by atoms with Gasteiger partial charge in [0.2, 0.25) is 11.8 Å². The van der Waals surface area contributed by atoms with Crippen molar-refractivity contribution < 1.29 is 15.8 Å². The first-order valence-electron chi connectivity index (χ1n) is 7.64. The van der Waals surface area contributed by atoms with Gasteiger partial charge in [-0.25, -0.2) is 0 Å². The standard InChI is InChI=1S/C15H26N2O3/c1-9(2)7-12-15(20)17(11(5)18)13(8-10(3)4)14(19)16(12)6/h9-10,12-13H,7-8H2,1-6H3/t12-,13-/m1/s1/i12D. The molecular formula is C15H26N2O3. The molecule has 0 aromatic rings. The maximum atomic E-state index is 12.7. The molecular weight excluding hydrogens is 256 g/mol. The summed E-state index contributed by atoms with van der Waals surface area (Å²) < 4.78 is 8.45. The molecule has 0 aromatic carbocycles. The van der Waals surface area contributed by atoms with Crippen LogP contribution in [0, 0.1) is 11.8 Å². The quantitative estimate of drug-likeness (QED) is 0.788. The molecule has 2 atom stereocenters. The highest BCUT2D eigenvalue weighted by Crippen LogP contribution is 2.25. The summed E-state index contributed by atoms with van der Waals surface area (Å²) in [5.41, 5.74) is 0. The lowest BCUT2D eigenvalue weighted by Crippen LogP contribution is -2.65. The van der Waals surface area contributed by atoms with E-state index in [2.05, 4.69) is 0 Å². The molecule has 0 saturated carbocycles. The number of hydrogen-bond acceptors (Lipinski definition) is 3. The molecule has 0 spiro atoms. The van der Waals surface area contributed by atoms with Crippen LogP contribution < -0.4 is 0 Å². The maximum Gasteiger partial charge on any atom is 0.252 e. The Hall–Kier alpha value is -1.39. The summed E-state index contributed by atoms with van der Waals surface area (Å²) in [6.45, 7) is 8.93. The fraction of sp³-hybridized carbons (Fsp3) is 0.800.